The minimum absolute atomic E-state index is 0.0428. The largest absolute Gasteiger partial charge is 0.481 e. The van der Waals surface area contributed by atoms with Gasteiger partial charge in [-0.15, -0.1) is 0 Å². The van der Waals surface area contributed by atoms with Gasteiger partial charge in [0.25, 0.3) is 0 Å². The molecule has 2 aliphatic heterocycles. The summed E-state index contributed by atoms with van der Waals surface area (Å²) in [5, 5.41) is 9.38. The molecule has 5 rings (SSSR count). The lowest BCUT2D eigenvalue weighted by molar-refractivity contribution is -0.137. The van der Waals surface area contributed by atoms with Gasteiger partial charge in [-0.05, 0) is 72.7 Å². The summed E-state index contributed by atoms with van der Waals surface area (Å²) in [5.74, 6) is -1.27. The number of benzene rings is 3. The lowest BCUT2D eigenvalue weighted by Gasteiger charge is -2.20. The first kappa shape index (κ1) is 26.9. The van der Waals surface area contributed by atoms with Crippen molar-refractivity contribution < 1.29 is 23.1 Å². The molecule has 3 aromatic carbocycles. The fourth-order valence-corrected chi connectivity index (χ4v) is 6.67. The number of carbonyl (C=O) groups excluding carboxylic acids is 1. The Morgan fingerprint density at radius 1 is 0.872 bits per heavy atom. The molecular formula is C30H33N3O5S. The van der Waals surface area contributed by atoms with Crippen LogP contribution in [0.3, 0.4) is 0 Å². The minimum Gasteiger partial charge on any atom is -0.481 e. The van der Waals surface area contributed by atoms with Crippen LogP contribution < -0.4 is 14.5 Å². The molecular weight excluding hydrogens is 514 g/mol. The van der Waals surface area contributed by atoms with Gasteiger partial charge in [-0.2, -0.15) is 0 Å². The van der Waals surface area contributed by atoms with E-state index in [1.54, 1.807) is 17.0 Å². The highest BCUT2D eigenvalue weighted by Crippen LogP contribution is 2.29. The number of aliphatic carboxylic acids is 1. The summed E-state index contributed by atoms with van der Waals surface area (Å²) >= 11 is 0. The SMILES string of the molecule is O=C(O)CC(CCC(=O)N1CCc2ccccc21)NS(=O)(=O)c1ccc(-c2ccc(N3CCCC3)cc2)cc1. The van der Waals surface area contributed by atoms with Crippen molar-refractivity contribution in [1.29, 1.82) is 0 Å². The molecule has 8 nitrogen and oxygen atoms in total. The van der Waals surface area contributed by atoms with Crippen LogP contribution in [0.15, 0.2) is 77.7 Å². The standard InChI is InChI=1S/C30H33N3O5S/c34-29(33-20-17-24-5-1-2-6-28(24)33)16-11-25(21-30(35)36)31-39(37,38)27-14-9-23(10-15-27)22-7-12-26(13-8-22)32-18-3-4-19-32/h1-2,5-10,12-15,25,31H,3-4,11,16-21H2,(H,35,36). The zero-order valence-corrected chi connectivity index (χ0v) is 22.6. The Hall–Kier alpha value is -3.69. The van der Waals surface area contributed by atoms with E-state index in [9.17, 15) is 23.1 Å². The number of sulfonamides is 1. The van der Waals surface area contributed by atoms with Gasteiger partial charge in [0, 0.05) is 43.5 Å². The number of hydrogen-bond donors (Lipinski definition) is 2. The van der Waals surface area contributed by atoms with Gasteiger partial charge in [-0.25, -0.2) is 13.1 Å². The molecule has 1 fully saturated rings. The number of anilines is 2. The first-order valence-corrected chi connectivity index (χ1v) is 14.9. The number of para-hydroxylation sites is 1. The van der Waals surface area contributed by atoms with Gasteiger partial charge in [0.05, 0.1) is 11.3 Å². The van der Waals surface area contributed by atoms with Crippen molar-refractivity contribution in [2.24, 2.45) is 0 Å². The summed E-state index contributed by atoms with van der Waals surface area (Å²) in [6, 6.07) is 21.6. The lowest BCUT2D eigenvalue weighted by Crippen LogP contribution is -2.38. The number of nitrogens with zero attached hydrogens (tertiary/aromatic N) is 2. The maximum absolute atomic E-state index is 13.1. The van der Waals surface area contributed by atoms with E-state index < -0.39 is 28.5 Å². The van der Waals surface area contributed by atoms with Crippen LogP contribution in [0, 0.1) is 0 Å². The van der Waals surface area contributed by atoms with E-state index in [1.807, 2.05) is 36.4 Å². The quantitative estimate of drug-likeness (QED) is 0.389. The molecule has 204 valence electrons. The molecule has 3 aromatic rings. The second kappa shape index (κ2) is 11.6. The van der Waals surface area contributed by atoms with E-state index in [4.69, 9.17) is 0 Å². The van der Waals surface area contributed by atoms with Crippen molar-refractivity contribution in [1.82, 2.24) is 4.72 Å². The van der Waals surface area contributed by atoms with E-state index in [0.717, 1.165) is 41.9 Å². The van der Waals surface area contributed by atoms with Gasteiger partial charge in [0.15, 0.2) is 0 Å². The van der Waals surface area contributed by atoms with E-state index >= 15 is 0 Å². The van der Waals surface area contributed by atoms with E-state index in [-0.39, 0.29) is 23.6 Å². The third-order valence-electron chi connectivity index (χ3n) is 7.47. The molecule has 2 N–H and O–H groups in total. The zero-order valence-electron chi connectivity index (χ0n) is 21.8. The number of carbonyl (C=O) groups is 2. The predicted molar refractivity (Wildman–Crippen MR) is 151 cm³/mol. The summed E-state index contributed by atoms with van der Waals surface area (Å²) in [6.07, 6.45) is 2.91. The van der Waals surface area contributed by atoms with Crippen molar-refractivity contribution in [2.45, 2.75) is 49.5 Å². The number of carboxylic acids is 1. The van der Waals surface area contributed by atoms with Gasteiger partial charge in [-0.3, -0.25) is 9.59 Å². The Morgan fingerprint density at radius 3 is 2.18 bits per heavy atom. The minimum atomic E-state index is -3.98. The lowest BCUT2D eigenvalue weighted by atomic mass is 10.1. The zero-order chi connectivity index (χ0) is 27.4. The number of rotatable bonds is 10. The van der Waals surface area contributed by atoms with Crippen molar-refractivity contribution in [2.75, 3.05) is 29.4 Å². The molecule has 2 aliphatic rings. The maximum Gasteiger partial charge on any atom is 0.304 e. The van der Waals surface area contributed by atoms with E-state index in [0.29, 0.717) is 6.54 Å². The van der Waals surface area contributed by atoms with Gasteiger partial charge >= 0.3 is 5.97 Å². The molecule has 1 saturated heterocycles. The number of fused-ring (bicyclic) bond motifs is 1. The van der Waals surface area contributed by atoms with Crippen molar-refractivity contribution in [3.63, 3.8) is 0 Å². The third-order valence-corrected chi connectivity index (χ3v) is 9.01. The molecule has 9 heteroatoms. The third kappa shape index (κ3) is 6.32. The summed E-state index contributed by atoms with van der Waals surface area (Å²) < 4.78 is 28.8. The molecule has 0 bridgehead atoms. The molecule has 1 atom stereocenters. The van der Waals surface area contributed by atoms with Crippen molar-refractivity contribution >= 4 is 33.3 Å². The Kier molecular flexibility index (Phi) is 7.99. The maximum atomic E-state index is 13.1. The molecule has 1 unspecified atom stereocenters. The first-order valence-electron chi connectivity index (χ1n) is 13.4. The highest BCUT2D eigenvalue weighted by atomic mass is 32.2. The number of carboxylic acid groups (broad SMARTS) is 1. The van der Waals surface area contributed by atoms with Crippen LogP contribution in [0.25, 0.3) is 11.1 Å². The topological polar surface area (TPSA) is 107 Å². The molecule has 0 spiro atoms. The van der Waals surface area contributed by atoms with E-state index in [1.165, 1.54) is 30.7 Å². The second-order valence-electron chi connectivity index (χ2n) is 10.1. The van der Waals surface area contributed by atoms with Crippen LogP contribution >= 0.6 is 0 Å². The molecule has 2 heterocycles. The second-order valence-corrected chi connectivity index (χ2v) is 11.9. The van der Waals surface area contributed by atoms with Crippen LogP contribution in [0.2, 0.25) is 0 Å². The van der Waals surface area contributed by atoms with Crippen LogP contribution in [-0.4, -0.2) is 51.1 Å². The summed E-state index contributed by atoms with van der Waals surface area (Å²) in [7, 11) is -3.98. The molecule has 0 aromatic heterocycles. The molecule has 1 amide bonds. The number of hydrogen-bond acceptors (Lipinski definition) is 5. The first-order chi connectivity index (χ1) is 18.8. The van der Waals surface area contributed by atoms with Gasteiger partial charge in [0.1, 0.15) is 0 Å². The Labute approximate surface area is 229 Å². The Morgan fingerprint density at radius 2 is 1.51 bits per heavy atom. The Balaban J connectivity index is 1.23. The smallest absolute Gasteiger partial charge is 0.304 e. The van der Waals surface area contributed by atoms with Crippen molar-refractivity contribution in [3.05, 3.63) is 78.4 Å². The average Bonchev–Trinajstić information content (AvgIpc) is 3.62. The highest BCUT2D eigenvalue weighted by molar-refractivity contribution is 7.89. The molecule has 0 radical (unpaired) electrons. The van der Waals surface area contributed by atoms with Crippen LogP contribution in [-0.2, 0) is 26.0 Å². The van der Waals surface area contributed by atoms with Gasteiger partial charge in [-0.1, -0.05) is 42.5 Å². The fraction of sp³-hybridized carbons (Fsp3) is 0.333. The van der Waals surface area contributed by atoms with Crippen LogP contribution in [0.1, 0.15) is 37.7 Å². The normalized spacial score (nSPS) is 15.8. The monoisotopic (exact) mass is 547 g/mol. The molecule has 0 saturated carbocycles. The number of amides is 1. The Bertz CT molecular complexity index is 1430. The van der Waals surface area contributed by atoms with E-state index in [2.05, 4.69) is 21.8 Å². The average molecular weight is 548 g/mol. The summed E-state index contributed by atoms with van der Waals surface area (Å²) in [6.45, 7) is 2.71. The fourth-order valence-electron chi connectivity index (χ4n) is 5.40. The molecule has 39 heavy (non-hydrogen) atoms. The van der Waals surface area contributed by atoms with Crippen LogP contribution in [0.5, 0.6) is 0 Å². The predicted octanol–water partition coefficient (Wildman–Crippen LogP) is 4.44. The van der Waals surface area contributed by atoms with Crippen molar-refractivity contribution in [3.8, 4) is 11.1 Å². The highest BCUT2D eigenvalue weighted by Gasteiger charge is 2.27. The van der Waals surface area contributed by atoms with Gasteiger partial charge < -0.3 is 14.9 Å². The number of nitrogens with one attached hydrogen (secondary N) is 1. The van der Waals surface area contributed by atoms with Crippen LogP contribution in [0.4, 0.5) is 11.4 Å². The summed E-state index contributed by atoms with van der Waals surface area (Å²) in [5.41, 5.74) is 5.03. The summed E-state index contributed by atoms with van der Waals surface area (Å²) in [4.78, 5) is 28.5. The molecule has 0 aliphatic carbocycles. The van der Waals surface area contributed by atoms with Gasteiger partial charge in [0.2, 0.25) is 15.9 Å².